The van der Waals surface area contributed by atoms with Crippen molar-refractivity contribution in [3.63, 3.8) is 0 Å². The van der Waals surface area contributed by atoms with Gasteiger partial charge in [-0.1, -0.05) is 13.8 Å². The average molecular weight is 194 g/mol. The van der Waals surface area contributed by atoms with Gasteiger partial charge in [0.2, 0.25) is 0 Å². The van der Waals surface area contributed by atoms with Crippen molar-refractivity contribution in [3.8, 4) is 0 Å². The highest BCUT2D eigenvalue weighted by Gasteiger charge is 2.05. The van der Waals surface area contributed by atoms with Crippen LogP contribution in [0, 0.1) is 0 Å². The molecule has 0 N–H and O–H groups in total. The monoisotopic (exact) mass is 194 g/mol. The minimum atomic E-state index is 0.294. The summed E-state index contributed by atoms with van der Waals surface area (Å²) in [5.74, 6) is 1.32. The molecule has 3 nitrogen and oxygen atoms in total. The van der Waals surface area contributed by atoms with Crippen molar-refractivity contribution in [2.75, 3.05) is 0 Å². The van der Waals surface area contributed by atoms with Crippen molar-refractivity contribution < 1.29 is 4.79 Å². The molecular formula is C11H18N2O. The van der Waals surface area contributed by atoms with Gasteiger partial charge in [-0.15, -0.1) is 0 Å². The van der Waals surface area contributed by atoms with Crippen LogP contribution in [0.5, 0.6) is 0 Å². The van der Waals surface area contributed by atoms with Gasteiger partial charge in [0.15, 0.2) is 5.78 Å². The van der Waals surface area contributed by atoms with Gasteiger partial charge >= 0.3 is 0 Å². The zero-order valence-electron chi connectivity index (χ0n) is 8.99. The van der Waals surface area contributed by atoms with Crippen LogP contribution in [0.25, 0.3) is 0 Å². The summed E-state index contributed by atoms with van der Waals surface area (Å²) in [6.45, 7) is 4.63. The third-order valence-corrected chi connectivity index (χ3v) is 2.15. The lowest BCUT2D eigenvalue weighted by Crippen LogP contribution is -2.11. The first-order valence-corrected chi connectivity index (χ1v) is 5.29. The van der Waals surface area contributed by atoms with E-state index in [1.807, 2.05) is 17.7 Å². The average Bonchev–Trinajstić information content (AvgIpc) is 2.54. The van der Waals surface area contributed by atoms with Crippen LogP contribution >= 0.6 is 0 Å². The molecule has 0 unspecified atom stereocenters. The third-order valence-electron chi connectivity index (χ3n) is 2.15. The quantitative estimate of drug-likeness (QED) is 0.696. The molecule has 0 saturated heterocycles. The molecule has 3 heteroatoms. The molecule has 0 atom stereocenters. The van der Waals surface area contributed by atoms with E-state index in [0.29, 0.717) is 18.7 Å². The standard InChI is InChI=1S/C11H18N2O/c1-3-5-10(14)9-13-8-7-12-11(13)6-4-2/h7-8H,3-6,9H2,1-2H3. The van der Waals surface area contributed by atoms with Crippen molar-refractivity contribution in [2.24, 2.45) is 0 Å². The van der Waals surface area contributed by atoms with Crippen LogP contribution < -0.4 is 0 Å². The normalized spacial score (nSPS) is 10.4. The smallest absolute Gasteiger partial charge is 0.152 e. The zero-order valence-corrected chi connectivity index (χ0v) is 8.99. The summed E-state index contributed by atoms with van der Waals surface area (Å²) < 4.78 is 1.96. The Kier molecular flexibility index (Phi) is 4.36. The van der Waals surface area contributed by atoms with Gasteiger partial charge in [0, 0.05) is 25.2 Å². The van der Waals surface area contributed by atoms with Gasteiger partial charge in [-0.05, 0) is 12.8 Å². The van der Waals surface area contributed by atoms with E-state index < -0.39 is 0 Å². The van der Waals surface area contributed by atoms with E-state index in [4.69, 9.17) is 0 Å². The number of imidazole rings is 1. The predicted octanol–water partition coefficient (Wildman–Crippen LogP) is 2.20. The first-order valence-electron chi connectivity index (χ1n) is 5.29. The predicted molar refractivity (Wildman–Crippen MR) is 56.1 cm³/mol. The summed E-state index contributed by atoms with van der Waals surface area (Å²) in [5, 5.41) is 0. The van der Waals surface area contributed by atoms with Crippen molar-refractivity contribution in [1.82, 2.24) is 9.55 Å². The SMILES string of the molecule is CCCC(=O)Cn1ccnc1CCC. The first kappa shape index (κ1) is 11.0. The lowest BCUT2D eigenvalue weighted by molar-refractivity contribution is -0.119. The molecule has 0 saturated carbocycles. The maximum atomic E-state index is 11.4. The van der Waals surface area contributed by atoms with Crippen LogP contribution in [0.1, 0.15) is 38.9 Å². The molecule has 0 aliphatic heterocycles. The van der Waals surface area contributed by atoms with Crippen molar-refractivity contribution >= 4 is 5.78 Å². The second-order valence-electron chi connectivity index (χ2n) is 3.51. The van der Waals surface area contributed by atoms with Crippen molar-refractivity contribution in [3.05, 3.63) is 18.2 Å². The molecule has 0 bridgehead atoms. The van der Waals surface area contributed by atoms with E-state index in [0.717, 1.165) is 25.1 Å². The summed E-state index contributed by atoms with van der Waals surface area (Å²) in [6, 6.07) is 0. The van der Waals surface area contributed by atoms with Crippen LogP contribution in [0.3, 0.4) is 0 Å². The molecular weight excluding hydrogens is 176 g/mol. The summed E-state index contributed by atoms with van der Waals surface area (Å²) in [7, 11) is 0. The fourth-order valence-electron chi connectivity index (χ4n) is 1.48. The first-order chi connectivity index (χ1) is 6.77. The van der Waals surface area contributed by atoms with E-state index in [9.17, 15) is 4.79 Å². The summed E-state index contributed by atoms with van der Waals surface area (Å²) in [6.07, 6.45) is 7.27. The Morgan fingerprint density at radius 2 is 2.21 bits per heavy atom. The molecule has 1 aromatic heterocycles. The number of aromatic nitrogens is 2. The molecule has 14 heavy (non-hydrogen) atoms. The second-order valence-corrected chi connectivity index (χ2v) is 3.51. The number of nitrogens with zero attached hydrogens (tertiary/aromatic N) is 2. The highest BCUT2D eigenvalue weighted by molar-refractivity contribution is 5.78. The molecule has 1 rings (SSSR count). The van der Waals surface area contributed by atoms with E-state index in [1.54, 1.807) is 6.20 Å². The van der Waals surface area contributed by atoms with Crippen LogP contribution in [-0.2, 0) is 17.8 Å². The second kappa shape index (κ2) is 5.58. The number of aryl methyl sites for hydroxylation is 1. The van der Waals surface area contributed by atoms with Crippen LogP contribution in [0.4, 0.5) is 0 Å². The van der Waals surface area contributed by atoms with Gasteiger partial charge in [-0.2, -0.15) is 0 Å². The van der Waals surface area contributed by atoms with Gasteiger partial charge in [0.25, 0.3) is 0 Å². The number of hydrogen-bond acceptors (Lipinski definition) is 2. The third kappa shape index (κ3) is 2.98. The largest absolute Gasteiger partial charge is 0.328 e. The molecule has 0 aliphatic carbocycles. The molecule has 78 valence electrons. The number of carbonyl (C=O) groups excluding carboxylic acids is 1. The lowest BCUT2D eigenvalue weighted by atomic mass is 10.2. The van der Waals surface area contributed by atoms with Crippen molar-refractivity contribution in [2.45, 2.75) is 46.1 Å². The van der Waals surface area contributed by atoms with E-state index in [1.165, 1.54) is 0 Å². The molecule has 1 aromatic rings. The minimum absolute atomic E-state index is 0.294. The van der Waals surface area contributed by atoms with Crippen LogP contribution in [0.2, 0.25) is 0 Å². The number of rotatable bonds is 6. The molecule has 0 amide bonds. The maximum Gasteiger partial charge on any atom is 0.152 e. The van der Waals surface area contributed by atoms with Gasteiger partial charge in [-0.3, -0.25) is 4.79 Å². The number of ketones is 1. The maximum absolute atomic E-state index is 11.4. The topological polar surface area (TPSA) is 34.9 Å². The molecule has 0 aliphatic rings. The Hall–Kier alpha value is -1.12. The number of Topliss-reactive ketones (excluding diaryl/α,β-unsaturated/α-hetero) is 1. The summed E-state index contributed by atoms with van der Waals surface area (Å²) in [4.78, 5) is 15.6. The summed E-state index contributed by atoms with van der Waals surface area (Å²) >= 11 is 0. The molecule has 0 fully saturated rings. The van der Waals surface area contributed by atoms with Gasteiger partial charge < -0.3 is 4.57 Å². The highest BCUT2D eigenvalue weighted by atomic mass is 16.1. The number of carbonyl (C=O) groups is 1. The fraction of sp³-hybridized carbons (Fsp3) is 0.636. The molecule has 0 spiro atoms. The highest BCUT2D eigenvalue weighted by Crippen LogP contribution is 2.02. The van der Waals surface area contributed by atoms with Crippen molar-refractivity contribution in [1.29, 1.82) is 0 Å². The zero-order chi connectivity index (χ0) is 10.4. The Labute approximate surface area is 85.2 Å². The fourth-order valence-corrected chi connectivity index (χ4v) is 1.48. The number of hydrogen-bond donors (Lipinski definition) is 0. The lowest BCUT2D eigenvalue weighted by Gasteiger charge is -2.05. The Morgan fingerprint density at radius 3 is 2.86 bits per heavy atom. The van der Waals surface area contributed by atoms with E-state index >= 15 is 0 Å². The van der Waals surface area contributed by atoms with E-state index in [2.05, 4.69) is 11.9 Å². The Morgan fingerprint density at radius 1 is 1.43 bits per heavy atom. The van der Waals surface area contributed by atoms with Crippen LogP contribution in [-0.4, -0.2) is 15.3 Å². The van der Waals surface area contributed by atoms with Gasteiger partial charge in [-0.25, -0.2) is 4.98 Å². The van der Waals surface area contributed by atoms with Gasteiger partial charge in [0.1, 0.15) is 5.82 Å². The molecule has 0 aromatic carbocycles. The minimum Gasteiger partial charge on any atom is -0.328 e. The van der Waals surface area contributed by atoms with Gasteiger partial charge in [0.05, 0.1) is 6.54 Å². The van der Waals surface area contributed by atoms with Crippen LogP contribution in [0.15, 0.2) is 12.4 Å². The molecule has 1 heterocycles. The summed E-state index contributed by atoms with van der Waals surface area (Å²) in [5.41, 5.74) is 0. The Bertz CT molecular complexity index is 291. The van der Waals surface area contributed by atoms with E-state index in [-0.39, 0.29) is 0 Å². The molecule has 0 radical (unpaired) electrons. The Balaban J connectivity index is 2.56.